The van der Waals surface area contributed by atoms with E-state index in [9.17, 15) is 19.2 Å². The van der Waals surface area contributed by atoms with Gasteiger partial charge in [-0.1, -0.05) is 50.1 Å². The zero-order valence-electron chi connectivity index (χ0n) is 18.8. The molecule has 0 amide bonds. The Bertz CT molecular complexity index is 930. The van der Waals surface area contributed by atoms with Crippen LogP contribution in [0.3, 0.4) is 0 Å². The molecule has 1 aromatic rings. The molecule has 0 saturated carbocycles. The molecule has 0 bridgehead atoms. The van der Waals surface area contributed by atoms with Gasteiger partial charge in [0.2, 0.25) is 6.29 Å². The average Bonchev–Trinajstić information content (AvgIpc) is 2.71. The quantitative estimate of drug-likeness (QED) is 0.287. The maximum Gasteiger partial charge on any atom is 0.336 e. The van der Waals surface area contributed by atoms with Crippen molar-refractivity contribution >= 4 is 30.0 Å². The van der Waals surface area contributed by atoms with E-state index in [4.69, 9.17) is 18.9 Å². The van der Waals surface area contributed by atoms with Crippen molar-refractivity contribution < 1.29 is 38.1 Å². The van der Waals surface area contributed by atoms with Gasteiger partial charge in [-0.3, -0.25) is 9.59 Å². The lowest BCUT2D eigenvalue weighted by Gasteiger charge is -2.31. The number of esters is 4. The van der Waals surface area contributed by atoms with E-state index in [2.05, 4.69) is 19.7 Å². The third-order valence-electron chi connectivity index (χ3n) is 4.07. The summed E-state index contributed by atoms with van der Waals surface area (Å²) in [5.74, 6) is -4.85. The first kappa shape index (κ1) is 26.4. The summed E-state index contributed by atoms with van der Waals surface area (Å²) in [4.78, 5) is 48.0. The van der Waals surface area contributed by atoms with Crippen molar-refractivity contribution in [3.63, 3.8) is 0 Å². The fourth-order valence-corrected chi connectivity index (χ4v) is 2.48. The van der Waals surface area contributed by atoms with Gasteiger partial charge in [-0.05, 0) is 19.4 Å². The van der Waals surface area contributed by atoms with Gasteiger partial charge in [0.05, 0.1) is 12.8 Å². The summed E-state index contributed by atoms with van der Waals surface area (Å²) >= 11 is 0. The van der Waals surface area contributed by atoms with Crippen LogP contribution in [0, 0.1) is 0 Å². The maximum atomic E-state index is 12.5. The molecule has 0 heterocycles. The van der Waals surface area contributed by atoms with E-state index in [-0.39, 0.29) is 24.0 Å². The lowest BCUT2D eigenvalue weighted by Crippen LogP contribution is -2.35. The van der Waals surface area contributed by atoms with Crippen molar-refractivity contribution in [1.82, 2.24) is 0 Å². The largest absolute Gasteiger partial charge is 0.425 e. The Balaban J connectivity index is 2.87. The monoisotopic (exact) mass is 444 g/mol. The Kier molecular flexibility index (Phi) is 9.59. The van der Waals surface area contributed by atoms with Gasteiger partial charge in [0.1, 0.15) is 0 Å². The van der Waals surface area contributed by atoms with E-state index in [0.717, 1.165) is 0 Å². The Hall–Kier alpha value is -3.68. The Morgan fingerprint density at radius 1 is 0.938 bits per heavy atom. The highest BCUT2D eigenvalue weighted by Crippen LogP contribution is 2.32. The number of ether oxygens (including phenoxy) is 4. The van der Waals surface area contributed by atoms with Crippen LogP contribution in [0.25, 0.3) is 6.08 Å². The zero-order valence-corrected chi connectivity index (χ0v) is 18.8. The summed E-state index contributed by atoms with van der Waals surface area (Å²) in [6, 6.07) is 6.78. The second-order valence-corrected chi connectivity index (χ2v) is 7.12. The molecule has 8 nitrogen and oxygen atoms in total. The average molecular weight is 444 g/mol. The van der Waals surface area contributed by atoms with E-state index in [1.54, 1.807) is 24.3 Å². The van der Waals surface area contributed by atoms with Gasteiger partial charge in [-0.15, -0.1) is 0 Å². The Morgan fingerprint density at radius 2 is 1.50 bits per heavy atom. The zero-order chi connectivity index (χ0) is 24.5. The molecular weight excluding hydrogens is 416 g/mol. The summed E-state index contributed by atoms with van der Waals surface area (Å²) in [5.41, 5.74) is 1.25. The van der Waals surface area contributed by atoms with Crippen molar-refractivity contribution in [3.8, 4) is 0 Å². The molecule has 0 aliphatic carbocycles. The van der Waals surface area contributed by atoms with Crippen molar-refractivity contribution in [1.29, 1.82) is 0 Å². The summed E-state index contributed by atoms with van der Waals surface area (Å²) in [7, 11) is 0. The van der Waals surface area contributed by atoms with E-state index >= 15 is 0 Å². The lowest BCUT2D eigenvalue weighted by molar-refractivity contribution is -0.226. The van der Waals surface area contributed by atoms with Crippen LogP contribution < -0.4 is 0 Å². The SMILES string of the molecule is C=Cc1ccccc1C(C)(OC(=O)CCC(=O)OC(C)OC(=O)C(=C)C)OC(=O)C(=C)C. The van der Waals surface area contributed by atoms with Crippen LogP contribution in [0.4, 0.5) is 0 Å². The third-order valence-corrected chi connectivity index (χ3v) is 4.07. The number of benzene rings is 1. The molecule has 0 radical (unpaired) electrons. The number of hydrogen-bond acceptors (Lipinski definition) is 8. The first-order valence-corrected chi connectivity index (χ1v) is 9.78. The summed E-state index contributed by atoms with van der Waals surface area (Å²) in [5, 5.41) is 0. The van der Waals surface area contributed by atoms with E-state index in [1.165, 1.54) is 33.8 Å². The van der Waals surface area contributed by atoms with Crippen LogP contribution in [0.1, 0.15) is 51.7 Å². The molecular formula is C24H28O8. The molecule has 0 spiro atoms. The molecule has 0 aliphatic heterocycles. The van der Waals surface area contributed by atoms with Crippen molar-refractivity contribution in [2.24, 2.45) is 0 Å². The van der Waals surface area contributed by atoms with Crippen molar-refractivity contribution in [2.75, 3.05) is 0 Å². The predicted molar refractivity (Wildman–Crippen MR) is 117 cm³/mol. The smallest absolute Gasteiger partial charge is 0.336 e. The Labute approximate surface area is 187 Å². The maximum absolute atomic E-state index is 12.5. The second-order valence-electron chi connectivity index (χ2n) is 7.12. The highest BCUT2D eigenvalue weighted by atomic mass is 16.7. The molecule has 1 rings (SSSR count). The molecule has 0 N–H and O–H groups in total. The predicted octanol–water partition coefficient (Wildman–Crippen LogP) is 3.95. The summed E-state index contributed by atoms with van der Waals surface area (Å²) in [6.45, 7) is 16.4. The minimum absolute atomic E-state index is 0.116. The molecule has 0 saturated heterocycles. The summed E-state index contributed by atoms with van der Waals surface area (Å²) in [6.07, 6.45) is -0.331. The summed E-state index contributed by atoms with van der Waals surface area (Å²) < 4.78 is 20.7. The van der Waals surface area contributed by atoms with Crippen LogP contribution in [-0.2, 0) is 43.9 Å². The molecule has 172 valence electrons. The molecule has 2 unspecified atom stereocenters. The fraction of sp³-hybridized carbons (Fsp3) is 0.333. The molecule has 0 aliphatic rings. The highest BCUT2D eigenvalue weighted by molar-refractivity contribution is 5.88. The van der Waals surface area contributed by atoms with Gasteiger partial charge >= 0.3 is 23.9 Å². The van der Waals surface area contributed by atoms with Gasteiger partial charge in [0, 0.05) is 30.6 Å². The van der Waals surface area contributed by atoms with E-state index in [0.29, 0.717) is 11.1 Å². The number of carbonyl (C=O) groups excluding carboxylic acids is 4. The van der Waals surface area contributed by atoms with Crippen LogP contribution in [0.15, 0.2) is 55.1 Å². The Morgan fingerprint density at radius 3 is 2.06 bits per heavy atom. The van der Waals surface area contributed by atoms with Gasteiger partial charge in [-0.2, -0.15) is 0 Å². The highest BCUT2D eigenvalue weighted by Gasteiger charge is 2.37. The van der Waals surface area contributed by atoms with Gasteiger partial charge < -0.3 is 18.9 Å². The molecule has 2 atom stereocenters. The molecule has 32 heavy (non-hydrogen) atoms. The van der Waals surface area contributed by atoms with Crippen LogP contribution in [0.2, 0.25) is 0 Å². The minimum Gasteiger partial charge on any atom is -0.425 e. The van der Waals surface area contributed by atoms with E-state index < -0.39 is 36.0 Å². The first-order chi connectivity index (χ1) is 14.9. The van der Waals surface area contributed by atoms with Crippen LogP contribution >= 0.6 is 0 Å². The normalized spacial score (nSPS) is 13.0. The topological polar surface area (TPSA) is 105 Å². The number of hydrogen-bond donors (Lipinski definition) is 0. The van der Waals surface area contributed by atoms with Gasteiger partial charge in [-0.25, -0.2) is 9.59 Å². The van der Waals surface area contributed by atoms with Crippen LogP contribution in [-0.4, -0.2) is 30.2 Å². The van der Waals surface area contributed by atoms with Crippen molar-refractivity contribution in [2.45, 2.75) is 52.6 Å². The third kappa shape index (κ3) is 7.86. The number of carbonyl (C=O) groups is 4. The van der Waals surface area contributed by atoms with Crippen LogP contribution in [0.5, 0.6) is 0 Å². The van der Waals surface area contributed by atoms with Gasteiger partial charge in [0.25, 0.3) is 5.79 Å². The molecule has 8 heteroatoms. The lowest BCUT2D eigenvalue weighted by atomic mass is 10.00. The second kappa shape index (κ2) is 11.6. The minimum atomic E-state index is -1.79. The first-order valence-electron chi connectivity index (χ1n) is 9.78. The molecule has 1 aromatic carbocycles. The number of rotatable bonds is 11. The standard InChI is InChI=1S/C24H28O8/c1-8-18-11-9-10-12-19(18)24(7,32-23(28)16(4)5)31-21(26)14-13-20(25)29-17(6)30-22(27)15(2)3/h8-12,17H,1-2,4,13-14H2,3,5-7H3. The van der Waals surface area contributed by atoms with E-state index in [1.807, 2.05) is 0 Å². The van der Waals surface area contributed by atoms with Gasteiger partial charge in [0.15, 0.2) is 0 Å². The molecule has 0 aromatic heterocycles. The fourth-order valence-electron chi connectivity index (χ4n) is 2.48. The van der Waals surface area contributed by atoms with Crippen molar-refractivity contribution in [3.05, 3.63) is 66.3 Å². The molecule has 0 fully saturated rings.